The molecule has 0 aromatic heterocycles. The van der Waals surface area contributed by atoms with Gasteiger partial charge in [-0.25, -0.2) is 0 Å². The van der Waals surface area contributed by atoms with Gasteiger partial charge in [0.2, 0.25) is 0 Å². The lowest BCUT2D eigenvalue weighted by molar-refractivity contribution is 0.227. The van der Waals surface area contributed by atoms with E-state index in [4.69, 9.17) is 14.6 Å². The average molecular weight is 375 g/mol. The van der Waals surface area contributed by atoms with E-state index in [1.807, 2.05) is 19.9 Å². The molecule has 0 atom stereocenters. The quantitative estimate of drug-likeness (QED) is 0.518. The normalized spacial score (nSPS) is 11.0. The summed E-state index contributed by atoms with van der Waals surface area (Å²) in [5.41, 5.74) is 1.07. The highest BCUT2D eigenvalue weighted by atomic mass is 79.9. The Labute approximate surface area is 141 Å². The van der Waals surface area contributed by atoms with Gasteiger partial charge in [-0.1, -0.05) is 15.9 Å². The van der Waals surface area contributed by atoms with E-state index >= 15 is 0 Å². The van der Waals surface area contributed by atoms with E-state index in [-0.39, 0.29) is 12.7 Å². The lowest BCUT2D eigenvalue weighted by Crippen LogP contribution is -2.24. The molecule has 1 aromatic carbocycles. The summed E-state index contributed by atoms with van der Waals surface area (Å²) >= 11 is 3.51. The van der Waals surface area contributed by atoms with Crippen LogP contribution in [0.4, 0.5) is 0 Å². The van der Waals surface area contributed by atoms with E-state index in [0.29, 0.717) is 6.54 Å². The summed E-state index contributed by atoms with van der Waals surface area (Å²) in [6.07, 6.45) is 1.10. The van der Waals surface area contributed by atoms with Crippen LogP contribution < -0.4 is 20.1 Å². The van der Waals surface area contributed by atoms with Gasteiger partial charge in [0.15, 0.2) is 11.5 Å². The van der Waals surface area contributed by atoms with Crippen LogP contribution in [0.5, 0.6) is 11.5 Å². The molecule has 0 spiro atoms. The van der Waals surface area contributed by atoms with Crippen molar-refractivity contribution in [1.29, 1.82) is 0 Å². The van der Waals surface area contributed by atoms with Crippen LogP contribution in [0.3, 0.4) is 0 Å². The molecule has 0 unspecified atom stereocenters. The Balaban J connectivity index is 2.58. The van der Waals surface area contributed by atoms with Gasteiger partial charge >= 0.3 is 0 Å². The van der Waals surface area contributed by atoms with Gasteiger partial charge < -0.3 is 25.2 Å². The summed E-state index contributed by atoms with van der Waals surface area (Å²) in [6.45, 7) is 7.35. The van der Waals surface area contributed by atoms with Gasteiger partial charge in [-0.3, -0.25) is 0 Å². The predicted molar refractivity (Wildman–Crippen MR) is 92.7 cm³/mol. The molecule has 0 bridgehead atoms. The van der Waals surface area contributed by atoms with E-state index in [1.54, 1.807) is 7.11 Å². The minimum absolute atomic E-state index is 0.0940. The number of methoxy groups -OCH3 is 1. The largest absolute Gasteiger partial charge is 0.493 e. The molecule has 0 saturated heterocycles. The highest BCUT2D eigenvalue weighted by molar-refractivity contribution is 9.10. The van der Waals surface area contributed by atoms with Gasteiger partial charge in [0.25, 0.3) is 0 Å². The van der Waals surface area contributed by atoms with Crippen molar-refractivity contribution in [3.63, 3.8) is 0 Å². The Hall–Kier alpha value is -0.820. The maximum absolute atomic E-state index is 8.69. The molecule has 0 amide bonds. The summed E-state index contributed by atoms with van der Waals surface area (Å²) in [6, 6.07) is 3.97. The number of benzene rings is 1. The number of hydrogen-bond donors (Lipinski definition) is 3. The SMILES string of the molecule is COc1cc(Br)cc(CNCCCNCCO)c1OC(C)C. The van der Waals surface area contributed by atoms with Crippen molar-refractivity contribution in [2.45, 2.75) is 32.9 Å². The van der Waals surface area contributed by atoms with Gasteiger partial charge in [-0.05, 0) is 45.5 Å². The first-order valence-corrected chi connectivity index (χ1v) is 8.43. The fraction of sp³-hybridized carbons (Fsp3) is 0.625. The smallest absolute Gasteiger partial charge is 0.166 e. The molecule has 3 N–H and O–H groups in total. The number of ether oxygens (including phenoxy) is 2. The molecule has 1 rings (SSSR count). The Kier molecular flexibility index (Phi) is 9.47. The molecule has 0 aliphatic heterocycles. The second-order valence-corrected chi connectivity index (χ2v) is 6.18. The second kappa shape index (κ2) is 10.8. The van der Waals surface area contributed by atoms with E-state index in [9.17, 15) is 0 Å². The fourth-order valence-electron chi connectivity index (χ4n) is 2.04. The summed E-state index contributed by atoms with van der Waals surface area (Å²) in [5.74, 6) is 1.54. The van der Waals surface area contributed by atoms with Crippen LogP contribution in [0, 0.1) is 0 Å². The van der Waals surface area contributed by atoms with Crippen molar-refractivity contribution < 1.29 is 14.6 Å². The van der Waals surface area contributed by atoms with Gasteiger partial charge in [0, 0.05) is 23.1 Å². The molecular formula is C16H27BrN2O3. The lowest BCUT2D eigenvalue weighted by Gasteiger charge is -2.18. The summed E-state index contributed by atoms with van der Waals surface area (Å²) < 4.78 is 12.3. The van der Waals surface area contributed by atoms with Gasteiger partial charge in [-0.2, -0.15) is 0 Å². The Morgan fingerprint density at radius 3 is 2.55 bits per heavy atom. The second-order valence-electron chi connectivity index (χ2n) is 5.27. The highest BCUT2D eigenvalue weighted by Gasteiger charge is 2.13. The van der Waals surface area contributed by atoms with Gasteiger partial charge in [0.05, 0.1) is 19.8 Å². The molecule has 22 heavy (non-hydrogen) atoms. The number of aliphatic hydroxyl groups excluding tert-OH is 1. The zero-order valence-corrected chi connectivity index (χ0v) is 15.2. The third kappa shape index (κ3) is 6.96. The number of nitrogens with one attached hydrogen (secondary N) is 2. The maximum Gasteiger partial charge on any atom is 0.166 e. The monoisotopic (exact) mass is 374 g/mol. The Morgan fingerprint density at radius 2 is 1.91 bits per heavy atom. The summed E-state index contributed by atoms with van der Waals surface area (Å²) in [7, 11) is 1.65. The van der Waals surface area contributed by atoms with E-state index in [2.05, 4.69) is 32.6 Å². The maximum atomic E-state index is 8.69. The number of hydrogen-bond acceptors (Lipinski definition) is 5. The Bertz CT molecular complexity index is 442. The lowest BCUT2D eigenvalue weighted by atomic mass is 10.1. The van der Waals surface area contributed by atoms with Crippen LogP contribution in [0.2, 0.25) is 0 Å². The molecular weight excluding hydrogens is 348 g/mol. The number of rotatable bonds is 11. The van der Waals surface area contributed by atoms with Crippen LogP contribution in [0.25, 0.3) is 0 Å². The summed E-state index contributed by atoms with van der Waals surface area (Å²) in [4.78, 5) is 0. The highest BCUT2D eigenvalue weighted by Crippen LogP contribution is 2.35. The van der Waals surface area contributed by atoms with Crippen molar-refractivity contribution >= 4 is 15.9 Å². The third-order valence-electron chi connectivity index (χ3n) is 2.98. The molecule has 0 saturated carbocycles. The number of halogens is 1. The third-order valence-corrected chi connectivity index (χ3v) is 3.44. The van der Waals surface area contributed by atoms with Crippen LogP contribution in [0.1, 0.15) is 25.8 Å². The first kappa shape index (κ1) is 19.2. The first-order valence-electron chi connectivity index (χ1n) is 7.63. The van der Waals surface area contributed by atoms with Crippen molar-refractivity contribution in [2.24, 2.45) is 0 Å². The molecule has 5 nitrogen and oxygen atoms in total. The molecule has 126 valence electrons. The minimum Gasteiger partial charge on any atom is -0.493 e. The van der Waals surface area contributed by atoms with E-state index in [0.717, 1.165) is 47.6 Å². The summed E-state index contributed by atoms with van der Waals surface area (Å²) in [5, 5.41) is 15.3. The topological polar surface area (TPSA) is 62.8 Å². The molecule has 0 aliphatic carbocycles. The minimum atomic E-state index is 0.0940. The standard InChI is InChI=1S/C16H27BrN2O3/c1-12(2)22-16-13(9-14(17)10-15(16)21-3)11-19-6-4-5-18-7-8-20/h9-10,12,18-20H,4-8,11H2,1-3H3. The molecule has 1 aromatic rings. The van der Waals surface area contributed by atoms with Crippen molar-refractivity contribution in [2.75, 3.05) is 33.4 Å². The van der Waals surface area contributed by atoms with Crippen molar-refractivity contribution in [1.82, 2.24) is 10.6 Å². The molecule has 0 aliphatic rings. The van der Waals surface area contributed by atoms with Crippen LogP contribution in [-0.4, -0.2) is 44.6 Å². The van der Waals surface area contributed by atoms with Gasteiger partial charge in [-0.15, -0.1) is 0 Å². The van der Waals surface area contributed by atoms with Crippen LogP contribution in [0.15, 0.2) is 16.6 Å². The van der Waals surface area contributed by atoms with Crippen LogP contribution >= 0.6 is 15.9 Å². The average Bonchev–Trinajstić information content (AvgIpc) is 2.48. The first-order chi connectivity index (χ1) is 10.6. The van der Waals surface area contributed by atoms with Crippen molar-refractivity contribution in [3.8, 4) is 11.5 Å². The molecule has 6 heteroatoms. The molecule has 0 heterocycles. The number of aliphatic hydroxyl groups is 1. The van der Waals surface area contributed by atoms with Crippen molar-refractivity contribution in [3.05, 3.63) is 22.2 Å². The zero-order chi connectivity index (χ0) is 16.4. The van der Waals surface area contributed by atoms with E-state index < -0.39 is 0 Å². The zero-order valence-electron chi connectivity index (χ0n) is 13.6. The molecule has 0 fully saturated rings. The van der Waals surface area contributed by atoms with Crippen LogP contribution in [-0.2, 0) is 6.54 Å². The predicted octanol–water partition coefficient (Wildman–Crippen LogP) is 2.31. The van der Waals surface area contributed by atoms with E-state index in [1.165, 1.54) is 0 Å². The van der Waals surface area contributed by atoms with Gasteiger partial charge in [0.1, 0.15) is 0 Å². The molecule has 0 radical (unpaired) electrons. The Morgan fingerprint density at radius 1 is 1.18 bits per heavy atom. The fourth-order valence-corrected chi connectivity index (χ4v) is 2.52.